The number of nitrogens with one attached hydrogen (secondary N) is 1. The van der Waals surface area contributed by atoms with E-state index in [0.717, 1.165) is 0 Å². The van der Waals surface area contributed by atoms with Crippen molar-refractivity contribution >= 4 is 23.4 Å². The zero-order valence-electron chi connectivity index (χ0n) is 14.4. The molecule has 1 aromatic rings. The van der Waals surface area contributed by atoms with Crippen molar-refractivity contribution in [1.29, 1.82) is 0 Å². The van der Waals surface area contributed by atoms with Crippen molar-refractivity contribution in [2.75, 3.05) is 40.4 Å². The number of amides is 2. The van der Waals surface area contributed by atoms with E-state index >= 15 is 0 Å². The van der Waals surface area contributed by atoms with Crippen molar-refractivity contribution in [3.8, 4) is 0 Å². The van der Waals surface area contributed by atoms with Crippen LogP contribution in [0, 0.1) is 5.82 Å². The van der Waals surface area contributed by atoms with Crippen molar-refractivity contribution in [1.82, 2.24) is 15.1 Å². The molecule has 0 bridgehead atoms. The highest BCUT2D eigenvalue weighted by Crippen LogP contribution is 2.19. The van der Waals surface area contributed by atoms with Gasteiger partial charge < -0.3 is 15.0 Å². The van der Waals surface area contributed by atoms with Gasteiger partial charge in [0, 0.05) is 40.3 Å². The number of halogens is 2. The van der Waals surface area contributed by atoms with Crippen LogP contribution in [0.5, 0.6) is 0 Å². The largest absolute Gasteiger partial charge is 0.383 e. The van der Waals surface area contributed by atoms with E-state index in [-0.39, 0.29) is 23.3 Å². The van der Waals surface area contributed by atoms with Crippen molar-refractivity contribution in [2.24, 2.45) is 0 Å². The van der Waals surface area contributed by atoms with Gasteiger partial charge in [0.15, 0.2) is 0 Å². The lowest BCUT2D eigenvalue weighted by Gasteiger charge is -2.35. The Bertz CT molecular complexity index is 629. The Morgan fingerprint density at radius 2 is 2.28 bits per heavy atom. The predicted octanol–water partition coefficient (Wildman–Crippen LogP) is 1.27. The van der Waals surface area contributed by atoms with Crippen LogP contribution in [-0.2, 0) is 20.9 Å². The smallest absolute Gasteiger partial charge is 0.237 e. The second kappa shape index (κ2) is 9.12. The third kappa shape index (κ3) is 5.39. The van der Waals surface area contributed by atoms with E-state index in [1.165, 1.54) is 12.1 Å². The summed E-state index contributed by atoms with van der Waals surface area (Å²) in [6.45, 7) is 2.37. The number of ether oxygens (including phenoxy) is 1. The number of carbonyl (C=O) groups excluding carboxylic acids is 2. The van der Waals surface area contributed by atoms with Crippen LogP contribution in [0.25, 0.3) is 0 Å². The van der Waals surface area contributed by atoms with Crippen LogP contribution in [0.15, 0.2) is 18.2 Å². The number of rotatable bonds is 7. The van der Waals surface area contributed by atoms with Gasteiger partial charge in [0.25, 0.3) is 0 Å². The first-order valence-corrected chi connectivity index (χ1v) is 8.48. The highest BCUT2D eigenvalue weighted by molar-refractivity contribution is 6.30. The van der Waals surface area contributed by atoms with Crippen molar-refractivity contribution in [3.63, 3.8) is 0 Å². The number of nitrogens with zero attached hydrogens (tertiary/aromatic N) is 2. The predicted molar refractivity (Wildman–Crippen MR) is 92.7 cm³/mol. The van der Waals surface area contributed by atoms with E-state index in [9.17, 15) is 14.0 Å². The average Bonchev–Trinajstić information content (AvgIpc) is 2.58. The maximum Gasteiger partial charge on any atom is 0.237 e. The second-order valence-corrected chi connectivity index (χ2v) is 6.45. The summed E-state index contributed by atoms with van der Waals surface area (Å²) in [5, 5.41) is 2.85. The van der Waals surface area contributed by atoms with E-state index in [0.29, 0.717) is 38.3 Å². The molecular formula is C17H23ClFN3O3. The van der Waals surface area contributed by atoms with Crippen LogP contribution < -0.4 is 5.32 Å². The standard InChI is InChI=1S/C17H23ClFN3O3/c1-21(7-8-25-2)16(23)10-15-17(24)20-5-6-22(15)11-12-3-4-13(18)14(19)9-12/h3-4,9,15H,5-8,10-11H2,1-2H3,(H,20,24). The van der Waals surface area contributed by atoms with Crippen LogP contribution in [-0.4, -0.2) is 68.1 Å². The first-order valence-electron chi connectivity index (χ1n) is 8.11. The molecule has 2 amide bonds. The van der Waals surface area contributed by atoms with E-state index < -0.39 is 11.9 Å². The van der Waals surface area contributed by atoms with Gasteiger partial charge in [-0.1, -0.05) is 17.7 Å². The van der Waals surface area contributed by atoms with Crippen molar-refractivity contribution < 1.29 is 18.7 Å². The average molecular weight is 372 g/mol. The monoisotopic (exact) mass is 371 g/mol. The zero-order chi connectivity index (χ0) is 18.4. The fraction of sp³-hybridized carbons (Fsp3) is 0.529. The third-order valence-corrected chi connectivity index (χ3v) is 4.54. The zero-order valence-corrected chi connectivity index (χ0v) is 15.2. The Labute approximate surface area is 151 Å². The molecule has 0 saturated carbocycles. The van der Waals surface area contributed by atoms with Gasteiger partial charge in [-0.15, -0.1) is 0 Å². The fourth-order valence-corrected chi connectivity index (χ4v) is 2.84. The number of hydrogen-bond donors (Lipinski definition) is 1. The van der Waals surface area contributed by atoms with Gasteiger partial charge in [-0.05, 0) is 17.7 Å². The Kier molecular flexibility index (Phi) is 7.16. The second-order valence-electron chi connectivity index (χ2n) is 6.04. The highest BCUT2D eigenvalue weighted by Gasteiger charge is 2.32. The Morgan fingerprint density at radius 1 is 1.52 bits per heavy atom. The molecule has 1 aromatic carbocycles. The summed E-state index contributed by atoms with van der Waals surface area (Å²) in [5.74, 6) is -0.812. The van der Waals surface area contributed by atoms with Crippen LogP contribution in [0.2, 0.25) is 5.02 Å². The maximum atomic E-state index is 13.6. The minimum absolute atomic E-state index is 0.0617. The molecule has 138 valence electrons. The molecule has 1 fully saturated rings. The summed E-state index contributed by atoms with van der Waals surface area (Å²) in [7, 11) is 3.25. The van der Waals surface area contributed by atoms with Crippen LogP contribution in [0.1, 0.15) is 12.0 Å². The lowest BCUT2D eigenvalue weighted by atomic mass is 10.1. The number of piperazine rings is 1. The SMILES string of the molecule is COCCN(C)C(=O)CC1C(=O)NCCN1Cc1ccc(Cl)c(F)c1. The Hall–Kier alpha value is -1.70. The summed E-state index contributed by atoms with van der Waals surface area (Å²) in [6.07, 6.45) is 0.0715. The molecule has 25 heavy (non-hydrogen) atoms. The summed E-state index contributed by atoms with van der Waals surface area (Å²) >= 11 is 5.71. The van der Waals surface area contributed by atoms with Gasteiger partial charge in [-0.3, -0.25) is 14.5 Å². The highest BCUT2D eigenvalue weighted by atomic mass is 35.5. The van der Waals surface area contributed by atoms with Gasteiger partial charge >= 0.3 is 0 Å². The van der Waals surface area contributed by atoms with Gasteiger partial charge in [0.1, 0.15) is 5.82 Å². The maximum absolute atomic E-state index is 13.6. The molecule has 1 unspecified atom stereocenters. The van der Waals surface area contributed by atoms with Gasteiger partial charge in [0.05, 0.1) is 24.1 Å². The lowest BCUT2D eigenvalue weighted by molar-refractivity contribution is -0.138. The molecule has 1 atom stereocenters. The minimum atomic E-state index is -0.579. The Balaban J connectivity index is 2.05. The van der Waals surface area contributed by atoms with E-state index in [1.54, 1.807) is 25.1 Å². The van der Waals surface area contributed by atoms with Crippen molar-refractivity contribution in [2.45, 2.75) is 19.0 Å². The molecule has 2 rings (SSSR count). The molecule has 8 heteroatoms. The van der Waals surface area contributed by atoms with Crippen molar-refractivity contribution in [3.05, 3.63) is 34.6 Å². The molecule has 1 N–H and O–H groups in total. The molecule has 1 saturated heterocycles. The van der Waals surface area contributed by atoms with E-state index in [2.05, 4.69) is 5.32 Å². The number of hydrogen-bond acceptors (Lipinski definition) is 4. The normalized spacial score (nSPS) is 18.1. The minimum Gasteiger partial charge on any atom is -0.383 e. The molecule has 1 heterocycles. The molecule has 6 nitrogen and oxygen atoms in total. The van der Waals surface area contributed by atoms with Crippen LogP contribution >= 0.6 is 11.6 Å². The molecule has 1 aliphatic heterocycles. The lowest BCUT2D eigenvalue weighted by Crippen LogP contribution is -2.56. The first-order chi connectivity index (χ1) is 11.9. The van der Waals surface area contributed by atoms with Crippen LogP contribution in [0.4, 0.5) is 4.39 Å². The molecule has 1 aliphatic rings. The molecule has 0 radical (unpaired) electrons. The number of benzene rings is 1. The first kappa shape index (κ1) is 19.6. The van der Waals surface area contributed by atoms with Gasteiger partial charge in [-0.25, -0.2) is 4.39 Å². The molecular weight excluding hydrogens is 349 g/mol. The molecule has 0 aliphatic carbocycles. The number of likely N-dealkylation sites (N-methyl/N-ethyl adjacent to an activating group) is 1. The fourth-order valence-electron chi connectivity index (χ4n) is 2.72. The van der Waals surface area contributed by atoms with Gasteiger partial charge in [-0.2, -0.15) is 0 Å². The molecule has 0 aromatic heterocycles. The number of carbonyl (C=O) groups is 2. The summed E-state index contributed by atoms with van der Waals surface area (Å²) in [4.78, 5) is 28.0. The summed E-state index contributed by atoms with van der Waals surface area (Å²) in [6, 6.07) is 4.00. The number of methoxy groups -OCH3 is 1. The Morgan fingerprint density at radius 3 is 2.96 bits per heavy atom. The van der Waals surface area contributed by atoms with Gasteiger partial charge in [0.2, 0.25) is 11.8 Å². The quantitative estimate of drug-likeness (QED) is 0.784. The third-order valence-electron chi connectivity index (χ3n) is 4.24. The molecule has 0 spiro atoms. The van der Waals surface area contributed by atoms with E-state index in [4.69, 9.17) is 16.3 Å². The summed E-state index contributed by atoms with van der Waals surface area (Å²) in [5.41, 5.74) is 0.710. The van der Waals surface area contributed by atoms with E-state index in [1.807, 2.05) is 4.90 Å². The topological polar surface area (TPSA) is 61.9 Å². The van der Waals surface area contributed by atoms with Crippen LogP contribution in [0.3, 0.4) is 0 Å². The summed E-state index contributed by atoms with van der Waals surface area (Å²) < 4.78 is 18.6.